The van der Waals surface area contributed by atoms with Gasteiger partial charge in [0.15, 0.2) is 0 Å². The predicted molar refractivity (Wildman–Crippen MR) is 157 cm³/mol. The molecule has 0 unspecified atom stereocenters. The van der Waals surface area contributed by atoms with Crippen LogP contribution in [0, 0.1) is 5.82 Å². The number of thioether (sulfide) groups is 1. The van der Waals surface area contributed by atoms with Crippen LogP contribution in [0.5, 0.6) is 0 Å². The van der Waals surface area contributed by atoms with E-state index in [-0.39, 0.29) is 23.1 Å². The van der Waals surface area contributed by atoms with Crippen molar-refractivity contribution in [1.82, 2.24) is 25.0 Å². The highest BCUT2D eigenvalue weighted by Gasteiger charge is 2.42. The number of hydrogen-bond donors (Lipinski definition) is 2. The van der Waals surface area contributed by atoms with Crippen LogP contribution in [0.1, 0.15) is 19.8 Å². The highest BCUT2D eigenvalue weighted by Crippen LogP contribution is 2.43. The van der Waals surface area contributed by atoms with Crippen LogP contribution in [-0.2, 0) is 14.3 Å². The zero-order chi connectivity index (χ0) is 29.0. The van der Waals surface area contributed by atoms with E-state index >= 15 is 0 Å². The van der Waals surface area contributed by atoms with E-state index in [2.05, 4.69) is 42.7 Å². The number of benzene rings is 1. The molecule has 216 valence electrons. The van der Waals surface area contributed by atoms with Crippen molar-refractivity contribution in [3.05, 3.63) is 53.4 Å². The van der Waals surface area contributed by atoms with Crippen molar-refractivity contribution in [3.63, 3.8) is 0 Å². The number of halogens is 2. The van der Waals surface area contributed by atoms with Gasteiger partial charge in [0, 0.05) is 74.1 Å². The number of anilines is 3. The fraction of sp³-hybridized carbons (Fsp3) is 0.393. The number of carbonyl (C=O) groups excluding carboxylic acids is 2. The Bertz CT molecular complexity index is 1440. The lowest BCUT2D eigenvalue weighted by atomic mass is 10.1. The van der Waals surface area contributed by atoms with Gasteiger partial charge in [-0.2, -0.15) is 0 Å². The van der Waals surface area contributed by atoms with Crippen LogP contribution in [-0.4, -0.2) is 88.0 Å². The second-order valence-corrected chi connectivity index (χ2v) is 12.2. The molecule has 0 saturated carbocycles. The van der Waals surface area contributed by atoms with Gasteiger partial charge >= 0.3 is 5.97 Å². The predicted octanol–water partition coefficient (Wildman–Crippen LogP) is 4.45. The average Bonchev–Trinajstić information content (AvgIpc) is 3.28. The maximum absolute atomic E-state index is 14.7. The van der Waals surface area contributed by atoms with Crippen molar-refractivity contribution >= 4 is 52.4 Å². The third kappa shape index (κ3) is 7.31. The summed E-state index contributed by atoms with van der Waals surface area (Å²) >= 11 is 7.34. The Labute approximate surface area is 247 Å². The van der Waals surface area contributed by atoms with Crippen molar-refractivity contribution in [1.29, 1.82) is 0 Å². The maximum Gasteiger partial charge on any atom is 0.322 e. The SMILES string of the molecule is CN1CCN(CCC(=O)Nc2cc(Nc3cc(-c4cc(Cl)ccc4F)nnc3S[C@@]3(C)CCOC3=O)ccn2)CC1. The zero-order valence-corrected chi connectivity index (χ0v) is 24.4. The largest absolute Gasteiger partial charge is 0.465 e. The molecule has 4 heterocycles. The summed E-state index contributed by atoms with van der Waals surface area (Å²) in [5.74, 6) is -0.554. The van der Waals surface area contributed by atoms with Crippen molar-refractivity contribution in [2.24, 2.45) is 0 Å². The summed E-state index contributed by atoms with van der Waals surface area (Å²) in [5, 5.41) is 15.5. The molecule has 2 aliphatic rings. The number of nitrogens with zero attached hydrogens (tertiary/aromatic N) is 5. The average molecular weight is 600 g/mol. The molecule has 0 spiro atoms. The minimum absolute atomic E-state index is 0.123. The molecule has 41 heavy (non-hydrogen) atoms. The molecule has 2 fully saturated rings. The molecule has 2 saturated heterocycles. The first-order valence-corrected chi connectivity index (χ1v) is 14.5. The lowest BCUT2D eigenvalue weighted by Gasteiger charge is -2.32. The van der Waals surface area contributed by atoms with E-state index in [4.69, 9.17) is 16.3 Å². The smallest absolute Gasteiger partial charge is 0.322 e. The highest BCUT2D eigenvalue weighted by molar-refractivity contribution is 8.01. The Morgan fingerprint density at radius 3 is 2.73 bits per heavy atom. The van der Waals surface area contributed by atoms with Crippen LogP contribution in [0.25, 0.3) is 11.3 Å². The summed E-state index contributed by atoms with van der Waals surface area (Å²) in [6.07, 6.45) is 2.45. The normalized spacial score (nSPS) is 19.7. The van der Waals surface area contributed by atoms with Gasteiger partial charge in [0.05, 0.1) is 18.0 Å². The topological polar surface area (TPSA) is 113 Å². The number of likely N-dealkylation sites (N-methyl/N-ethyl adjacent to an activating group) is 1. The molecule has 13 heteroatoms. The first-order valence-electron chi connectivity index (χ1n) is 13.3. The zero-order valence-electron chi connectivity index (χ0n) is 22.8. The molecule has 3 aromatic rings. The van der Waals surface area contributed by atoms with Crippen LogP contribution in [0.3, 0.4) is 0 Å². The van der Waals surface area contributed by atoms with Gasteiger partial charge in [0.2, 0.25) is 5.91 Å². The number of hydrogen-bond acceptors (Lipinski definition) is 10. The number of aromatic nitrogens is 3. The number of esters is 1. The Morgan fingerprint density at radius 1 is 1.17 bits per heavy atom. The Hall–Kier alpha value is -3.32. The van der Waals surface area contributed by atoms with Crippen LogP contribution in [0.4, 0.5) is 21.6 Å². The molecule has 0 radical (unpaired) electrons. The molecular weight excluding hydrogens is 569 g/mol. The van der Waals surface area contributed by atoms with Gasteiger partial charge in [-0.15, -0.1) is 10.2 Å². The molecule has 10 nitrogen and oxygen atoms in total. The summed E-state index contributed by atoms with van der Waals surface area (Å²) in [6.45, 7) is 6.68. The van der Waals surface area contributed by atoms with E-state index in [0.717, 1.165) is 26.2 Å². The number of amides is 1. The minimum atomic E-state index is -0.838. The van der Waals surface area contributed by atoms with Crippen LogP contribution in [0.2, 0.25) is 5.02 Å². The first kappa shape index (κ1) is 29.2. The number of nitrogens with one attached hydrogen (secondary N) is 2. The van der Waals surface area contributed by atoms with E-state index in [1.807, 2.05) is 0 Å². The number of carbonyl (C=O) groups is 2. The maximum atomic E-state index is 14.7. The lowest BCUT2D eigenvalue weighted by Crippen LogP contribution is -2.45. The van der Waals surface area contributed by atoms with E-state index in [1.165, 1.54) is 30.0 Å². The number of pyridine rings is 1. The van der Waals surface area contributed by atoms with Gasteiger partial charge in [-0.25, -0.2) is 9.37 Å². The van der Waals surface area contributed by atoms with E-state index in [0.29, 0.717) is 53.2 Å². The first-order chi connectivity index (χ1) is 19.7. The lowest BCUT2D eigenvalue weighted by molar-refractivity contribution is -0.139. The van der Waals surface area contributed by atoms with Crippen molar-refractivity contribution < 1.29 is 18.7 Å². The molecule has 2 N–H and O–H groups in total. The Balaban J connectivity index is 1.35. The summed E-state index contributed by atoms with van der Waals surface area (Å²) in [7, 11) is 2.10. The fourth-order valence-corrected chi connectivity index (χ4v) is 5.77. The van der Waals surface area contributed by atoms with Gasteiger partial charge in [-0.05, 0) is 44.3 Å². The molecule has 1 amide bonds. The van der Waals surface area contributed by atoms with Crippen LogP contribution >= 0.6 is 23.4 Å². The van der Waals surface area contributed by atoms with Gasteiger partial charge in [0.1, 0.15) is 21.4 Å². The molecule has 1 atom stereocenters. The number of cyclic esters (lactones) is 1. The second-order valence-electron chi connectivity index (χ2n) is 10.3. The fourth-order valence-electron chi connectivity index (χ4n) is 4.54. The van der Waals surface area contributed by atoms with Crippen molar-refractivity contribution in [3.8, 4) is 11.3 Å². The van der Waals surface area contributed by atoms with Gasteiger partial charge in [0.25, 0.3) is 0 Å². The quantitative estimate of drug-likeness (QED) is 0.342. The van der Waals surface area contributed by atoms with Crippen LogP contribution < -0.4 is 10.6 Å². The van der Waals surface area contributed by atoms with Crippen LogP contribution in [0.15, 0.2) is 47.6 Å². The summed E-state index contributed by atoms with van der Waals surface area (Å²) in [4.78, 5) is 33.9. The number of piperazine rings is 1. The van der Waals surface area contributed by atoms with E-state index in [1.54, 1.807) is 31.3 Å². The Morgan fingerprint density at radius 2 is 1.98 bits per heavy atom. The third-order valence-corrected chi connectivity index (χ3v) is 8.64. The third-order valence-electron chi connectivity index (χ3n) is 7.09. The molecule has 1 aromatic carbocycles. The number of ether oxygens (including phenoxy) is 1. The van der Waals surface area contributed by atoms with Gasteiger partial charge in [-0.1, -0.05) is 23.4 Å². The van der Waals surface area contributed by atoms with Gasteiger partial charge in [-0.3, -0.25) is 9.59 Å². The molecule has 2 aromatic heterocycles. The van der Waals surface area contributed by atoms with Crippen molar-refractivity contribution in [2.45, 2.75) is 29.5 Å². The summed E-state index contributed by atoms with van der Waals surface area (Å²) in [5.41, 5.74) is 1.57. The second kappa shape index (κ2) is 12.7. The summed E-state index contributed by atoms with van der Waals surface area (Å²) in [6, 6.07) is 9.31. The summed E-state index contributed by atoms with van der Waals surface area (Å²) < 4.78 is 19.0. The number of rotatable bonds is 9. The van der Waals surface area contributed by atoms with E-state index < -0.39 is 10.6 Å². The molecule has 5 rings (SSSR count). The van der Waals surface area contributed by atoms with E-state index in [9.17, 15) is 14.0 Å². The molecular formula is C28H31ClFN7O3S. The van der Waals surface area contributed by atoms with Crippen molar-refractivity contribution in [2.75, 3.05) is 57.0 Å². The Kier molecular flexibility index (Phi) is 9.03. The molecule has 0 bridgehead atoms. The standard InChI is InChI=1S/C28H31ClFN7O3S/c1-28(7-14-40-27(28)39)41-26-23(17-22(34-35-26)20-15-18(29)3-4-21(20)30)32-19-5-8-31-24(16-19)33-25(38)6-9-37-12-10-36(2)11-13-37/h3-5,8,15-17H,6-7,9-14H2,1-2H3,(H2,31,32,33,34,38)/t28-/m0/s1. The molecule has 0 aliphatic carbocycles. The molecule has 2 aliphatic heterocycles. The highest BCUT2D eigenvalue weighted by atomic mass is 35.5. The minimum Gasteiger partial charge on any atom is -0.465 e. The van der Waals surface area contributed by atoms with Gasteiger partial charge < -0.3 is 25.2 Å². The monoisotopic (exact) mass is 599 g/mol.